The molecule has 1 aliphatic rings. The summed E-state index contributed by atoms with van der Waals surface area (Å²) in [5.41, 5.74) is -0.0729. The Morgan fingerprint density at radius 2 is 1.89 bits per heavy atom. The molecular weight excluding hydrogens is 226 g/mol. The fraction of sp³-hybridized carbons (Fsp3) is 1.00. The van der Waals surface area contributed by atoms with Crippen LogP contribution in [0.2, 0.25) is 0 Å². The fourth-order valence-corrected chi connectivity index (χ4v) is 2.31. The molecule has 0 heterocycles. The van der Waals surface area contributed by atoms with Crippen LogP contribution >= 0.6 is 0 Å². The number of ether oxygens (including phenoxy) is 2. The van der Waals surface area contributed by atoms with E-state index in [2.05, 4.69) is 26.1 Å². The summed E-state index contributed by atoms with van der Waals surface area (Å²) in [6, 6.07) is 0.722. The molecular formula is C15H31NO2. The molecule has 0 aromatic heterocycles. The molecule has 1 saturated carbocycles. The monoisotopic (exact) mass is 257 g/mol. The zero-order valence-electron chi connectivity index (χ0n) is 12.6. The van der Waals surface area contributed by atoms with Gasteiger partial charge in [-0.1, -0.05) is 19.3 Å². The van der Waals surface area contributed by atoms with Gasteiger partial charge in [-0.25, -0.2) is 0 Å². The lowest BCUT2D eigenvalue weighted by molar-refractivity contribution is -0.0234. The highest BCUT2D eigenvalue weighted by Crippen LogP contribution is 2.17. The number of nitrogens with one attached hydrogen (secondary N) is 1. The minimum Gasteiger partial charge on any atom is -0.379 e. The zero-order chi connectivity index (χ0) is 13.4. The first-order valence-corrected chi connectivity index (χ1v) is 7.43. The summed E-state index contributed by atoms with van der Waals surface area (Å²) in [6.45, 7) is 8.09. The van der Waals surface area contributed by atoms with E-state index in [1.54, 1.807) is 7.11 Å². The first-order chi connectivity index (χ1) is 8.53. The molecule has 0 bridgehead atoms. The highest BCUT2D eigenvalue weighted by molar-refractivity contribution is 4.73. The van der Waals surface area contributed by atoms with Gasteiger partial charge in [0.05, 0.1) is 11.7 Å². The molecule has 0 aromatic rings. The van der Waals surface area contributed by atoms with E-state index in [0.29, 0.717) is 6.10 Å². The summed E-state index contributed by atoms with van der Waals surface area (Å²) < 4.78 is 11.2. The lowest BCUT2D eigenvalue weighted by Gasteiger charge is -2.26. The van der Waals surface area contributed by atoms with Gasteiger partial charge < -0.3 is 14.8 Å². The predicted octanol–water partition coefficient (Wildman–Crippen LogP) is 3.13. The second-order valence-corrected chi connectivity index (χ2v) is 6.14. The minimum atomic E-state index is -0.0729. The molecule has 0 amide bonds. The first-order valence-electron chi connectivity index (χ1n) is 7.43. The van der Waals surface area contributed by atoms with Gasteiger partial charge in [0.15, 0.2) is 0 Å². The van der Waals surface area contributed by atoms with Gasteiger partial charge in [-0.2, -0.15) is 0 Å². The number of rotatable bonds is 8. The Kier molecular flexibility index (Phi) is 7.20. The summed E-state index contributed by atoms with van der Waals surface area (Å²) in [6.07, 6.45) is 8.09. The molecule has 1 rings (SSSR count). The van der Waals surface area contributed by atoms with Crippen molar-refractivity contribution in [1.29, 1.82) is 0 Å². The molecule has 1 fully saturated rings. The van der Waals surface area contributed by atoms with Crippen molar-refractivity contribution in [3.05, 3.63) is 0 Å². The van der Waals surface area contributed by atoms with Crippen molar-refractivity contribution in [2.75, 3.05) is 20.3 Å². The van der Waals surface area contributed by atoms with Crippen LogP contribution in [-0.4, -0.2) is 38.0 Å². The quantitative estimate of drug-likeness (QED) is 0.724. The summed E-state index contributed by atoms with van der Waals surface area (Å²) in [5, 5.41) is 3.63. The van der Waals surface area contributed by atoms with Crippen LogP contribution in [0.25, 0.3) is 0 Å². The van der Waals surface area contributed by atoms with Crippen molar-refractivity contribution in [1.82, 2.24) is 5.32 Å². The van der Waals surface area contributed by atoms with Crippen molar-refractivity contribution in [2.24, 2.45) is 0 Å². The van der Waals surface area contributed by atoms with E-state index in [9.17, 15) is 0 Å². The van der Waals surface area contributed by atoms with E-state index in [0.717, 1.165) is 25.6 Å². The summed E-state index contributed by atoms with van der Waals surface area (Å²) in [5.74, 6) is 0. The smallest absolute Gasteiger partial charge is 0.0671 e. The van der Waals surface area contributed by atoms with Gasteiger partial charge in [-0.15, -0.1) is 0 Å². The minimum absolute atomic E-state index is 0.0729. The Hall–Kier alpha value is -0.120. The molecule has 1 atom stereocenters. The van der Waals surface area contributed by atoms with E-state index in [-0.39, 0.29) is 5.60 Å². The molecule has 0 radical (unpaired) electrons. The van der Waals surface area contributed by atoms with E-state index in [1.807, 2.05) is 0 Å². The lowest BCUT2D eigenvalue weighted by Crippen LogP contribution is -2.37. The zero-order valence-corrected chi connectivity index (χ0v) is 12.6. The Bertz CT molecular complexity index is 213. The predicted molar refractivity (Wildman–Crippen MR) is 76.0 cm³/mol. The van der Waals surface area contributed by atoms with Gasteiger partial charge in [0.1, 0.15) is 0 Å². The molecule has 0 saturated heterocycles. The maximum absolute atomic E-state index is 5.83. The lowest BCUT2D eigenvalue weighted by atomic mass is 9.95. The number of hydrogen-bond donors (Lipinski definition) is 1. The van der Waals surface area contributed by atoms with Crippen LogP contribution in [0.3, 0.4) is 0 Å². The van der Waals surface area contributed by atoms with Crippen molar-refractivity contribution in [3.8, 4) is 0 Å². The Labute approximate surface area is 113 Å². The molecule has 18 heavy (non-hydrogen) atoms. The molecule has 1 aliphatic carbocycles. The molecule has 0 aliphatic heterocycles. The fourth-order valence-electron chi connectivity index (χ4n) is 2.31. The standard InChI is InChI=1S/C15H31NO2/c1-13(18-11-10-15(2,3)17-4)12-16-14-8-6-5-7-9-14/h13-14,16H,5-12H2,1-4H3. The van der Waals surface area contributed by atoms with Crippen LogP contribution < -0.4 is 5.32 Å². The largest absolute Gasteiger partial charge is 0.379 e. The molecule has 3 heteroatoms. The van der Waals surface area contributed by atoms with E-state index in [1.165, 1.54) is 32.1 Å². The van der Waals surface area contributed by atoms with E-state index < -0.39 is 0 Å². The van der Waals surface area contributed by atoms with Crippen LogP contribution in [0, 0.1) is 0 Å². The third-order valence-electron chi connectivity index (χ3n) is 3.96. The van der Waals surface area contributed by atoms with Gasteiger partial charge in [0.25, 0.3) is 0 Å². The van der Waals surface area contributed by atoms with Crippen molar-refractivity contribution >= 4 is 0 Å². The van der Waals surface area contributed by atoms with Gasteiger partial charge in [-0.05, 0) is 40.0 Å². The second-order valence-electron chi connectivity index (χ2n) is 6.14. The normalized spacial score (nSPS) is 20.0. The van der Waals surface area contributed by atoms with Crippen LogP contribution in [0.15, 0.2) is 0 Å². The summed E-state index contributed by atoms with van der Waals surface area (Å²) in [4.78, 5) is 0. The van der Waals surface area contributed by atoms with Crippen LogP contribution in [0.5, 0.6) is 0 Å². The topological polar surface area (TPSA) is 30.5 Å². The van der Waals surface area contributed by atoms with Gasteiger partial charge in [-0.3, -0.25) is 0 Å². The molecule has 0 aromatic carbocycles. The highest BCUT2D eigenvalue weighted by atomic mass is 16.5. The number of hydrogen-bond acceptors (Lipinski definition) is 3. The Morgan fingerprint density at radius 1 is 1.22 bits per heavy atom. The molecule has 3 nitrogen and oxygen atoms in total. The van der Waals surface area contributed by atoms with Crippen molar-refractivity contribution in [2.45, 2.75) is 77.0 Å². The maximum atomic E-state index is 5.83. The van der Waals surface area contributed by atoms with Gasteiger partial charge in [0, 0.05) is 26.3 Å². The van der Waals surface area contributed by atoms with Gasteiger partial charge >= 0.3 is 0 Å². The van der Waals surface area contributed by atoms with Crippen molar-refractivity contribution < 1.29 is 9.47 Å². The van der Waals surface area contributed by atoms with E-state index in [4.69, 9.17) is 9.47 Å². The summed E-state index contributed by atoms with van der Waals surface area (Å²) in [7, 11) is 1.76. The van der Waals surface area contributed by atoms with Gasteiger partial charge in [0.2, 0.25) is 0 Å². The summed E-state index contributed by atoms with van der Waals surface area (Å²) >= 11 is 0. The van der Waals surface area contributed by atoms with Crippen LogP contribution in [-0.2, 0) is 9.47 Å². The second kappa shape index (κ2) is 8.13. The molecule has 1 N–H and O–H groups in total. The maximum Gasteiger partial charge on any atom is 0.0671 e. The van der Waals surface area contributed by atoms with Crippen molar-refractivity contribution in [3.63, 3.8) is 0 Å². The average Bonchev–Trinajstić information content (AvgIpc) is 2.37. The molecule has 0 spiro atoms. The first kappa shape index (κ1) is 15.9. The highest BCUT2D eigenvalue weighted by Gasteiger charge is 2.17. The third-order valence-corrected chi connectivity index (χ3v) is 3.96. The molecule has 108 valence electrons. The number of methoxy groups -OCH3 is 1. The SMILES string of the molecule is COC(C)(C)CCOC(C)CNC1CCCCC1. The van der Waals surface area contributed by atoms with Crippen LogP contribution in [0.4, 0.5) is 0 Å². The van der Waals surface area contributed by atoms with E-state index >= 15 is 0 Å². The molecule has 1 unspecified atom stereocenters. The Balaban J connectivity index is 2.04. The third kappa shape index (κ3) is 6.72. The average molecular weight is 257 g/mol. The Morgan fingerprint density at radius 3 is 2.50 bits per heavy atom. The van der Waals surface area contributed by atoms with Crippen LogP contribution in [0.1, 0.15) is 59.3 Å².